The molecule has 2 N–H and O–H groups in total. The zero-order valence-corrected chi connectivity index (χ0v) is 14.8. The highest BCUT2D eigenvalue weighted by Crippen LogP contribution is 2.36. The fraction of sp³-hybridized carbons (Fsp3) is 0.722. The van der Waals surface area contributed by atoms with Crippen molar-refractivity contribution in [3.05, 3.63) is 17.8 Å². The van der Waals surface area contributed by atoms with Crippen LogP contribution in [0.2, 0.25) is 0 Å². The Balaban J connectivity index is 1.38. The molecule has 1 amide bonds. The van der Waals surface area contributed by atoms with Gasteiger partial charge in [0.25, 0.3) is 0 Å². The van der Waals surface area contributed by atoms with Gasteiger partial charge in [-0.15, -0.1) is 5.10 Å². The molecule has 0 unspecified atom stereocenters. The summed E-state index contributed by atoms with van der Waals surface area (Å²) in [5.74, 6) is 1.12. The van der Waals surface area contributed by atoms with Crippen LogP contribution < -0.4 is 10.2 Å². The summed E-state index contributed by atoms with van der Waals surface area (Å²) in [6.45, 7) is 5.46. The van der Waals surface area contributed by atoms with Gasteiger partial charge in [-0.3, -0.25) is 9.69 Å². The molecule has 25 heavy (non-hydrogen) atoms. The van der Waals surface area contributed by atoms with Crippen LogP contribution in [0.3, 0.4) is 0 Å². The van der Waals surface area contributed by atoms with E-state index in [1.54, 1.807) is 0 Å². The molecule has 2 saturated heterocycles. The Morgan fingerprint density at radius 1 is 1.28 bits per heavy atom. The molecule has 7 heteroatoms. The van der Waals surface area contributed by atoms with Gasteiger partial charge in [-0.25, -0.2) is 0 Å². The molecule has 0 radical (unpaired) electrons. The van der Waals surface area contributed by atoms with Crippen LogP contribution in [0.15, 0.2) is 12.1 Å². The normalized spacial score (nSPS) is 30.0. The quantitative estimate of drug-likeness (QED) is 0.818. The van der Waals surface area contributed by atoms with Crippen LogP contribution >= 0.6 is 0 Å². The van der Waals surface area contributed by atoms with Crippen LogP contribution in [0.4, 0.5) is 5.82 Å². The van der Waals surface area contributed by atoms with Crippen molar-refractivity contribution >= 4 is 11.7 Å². The van der Waals surface area contributed by atoms with Crippen molar-refractivity contribution in [1.29, 1.82) is 0 Å². The predicted molar refractivity (Wildman–Crippen MR) is 94.3 cm³/mol. The van der Waals surface area contributed by atoms with E-state index in [4.69, 9.17) is 0 Å². The maximum atomic E-state index is 12.1. The Morgan fingerprint density at radius 2 is 2.08 bits per heavy atom. The number of hydrogen-bond donors (Lipinski definition) is 2. The first kappa shape index (κ1) is 16.7. The van der Waals surface area contributed by atoms with Crippen LogP contribution in [-0.2, 0) is 4.79 Å². The van der Waals surface area contributed by atoms with Crippen molar-refractivity contribution in [3.63, 3.8) is 0 Å². The summed E-state index contributed by atoms with van der Waals surface area (Å²) in [4.78, 5) is 16.5. The maximum absolute atomic E-state index is 12.1. The molecule has 3 aliphatic rings. The Bertz CT molecular complexity index is 633. The highest BCUT2D eigenvalue weighted by Gasteiger charge is 2.45. The third kappa shape index (κ3) is 3.77. The molecular formula is C18H27N5O2. The van der Waals surface area contributed by atoms with Gasteiger partial charge in [-0.05, 0) is 44.7 Å². The van der Waals surface area contributed by atoms with Crippen LogP contribution in [-0.4, -0.2) is 70.5 Å². The minimum atomic E-state index is -0.613. The Hall–Kier alpha value is -1.73. The fourth-order valence-corrected chi connectivity index (χ4v) is 3.99. The van der Waals surface area contributed by atoms with Gasteiger partial charge in [-0.1, -0.05) is 0 Å². The summed E-state index contributed by atoms with van der Waals surface area (Å²) >= 11 is 0. The first-order valence-corrected chi connectivity index (χ1v) is 9.31. The number of hydrogen-bond acceptors (Lipinski definition) is 6. The summed E-state index contributed by atoms with van der Waals surface area (Å²) in [5, 5.41) is 22.5. The first-order valence-electron chi connectivity index (χ1n) is 9.31. The lowest BCUT2D eigenvalue weighted by molar-refractivity contribution is -0.126. The number of aliphatic hydroxyl groups is 1. The molecule has 0 bridgehead atoms. The number of anilines is 1. The van der Waals surface area contributed by atoms with Gasteiger partial charge in [0.15, 0.2) is 5.82 Å². The lowest BCUT2D eigenvalue weighted by Gasteiger charge is -2.50. The number of nitrogens with zero attached hydrogens (tertiary/aromatic N) is 4. The van der Waals surface area contributed by atoms with Crippen LogP contribution in [0, 0.1) is 12.8 Å². The van der Waals surface area contributed by atoms with Gasteiger partial charge in [0.05, 0.1) is 17.8 Å². The van der Waals surface area contributed by atoms with Crippen LogP contribution in [0.25, 0.3) is 0 Å². The summed E-state index contributed by atoms with van der Waals surface area (Å²) in [6.07, 6.45) is 3.71. The molecule has 136 valence electrons. The van der Waals surface area contributed by atoms with Gasteiger partial charge in [0.2, 0.25) is 5.91 Å². The van der Waals surface area contributed by atoms with E-state index < -0.39 is 5.60 Å². The van der Waals surface area contributed by atoms with Crippen molar-refractivity contribution in [1.82, 2.24) is 20.4 Å². The Labute approximate surface area is 148 Å². The number of nitrogens with one attached hydrogen (secondary N) is 1. The van der Waals surface area contributed by atoms with Crippen LogP contribution in [0.1, 0.15) is 31.4 Å². The Kier molecular flexibility index (Phi) is 4.37. The average Bonchev–Trinajstić information content (AvgIpc) is 3.39. The van der Waals surface area contributed by atoms with E-state index in [1.165, 1.54) is 0 Å². The summed E-state index contributed by atoms with van der Waals surface area (Å²) < 4.78 is 0. The molecule has 2 aliphatic heterocycles. The number of aromatic nitrogens is 2. The van der Waals surface area contributed by atoms with Crippen molar-refractivity contribution in [2.45, 2.75) is 44.2 Å². The van der Waals surface area contributed by atoms with Gasteiger partial charge in [0.1, 0.15) is 0 Å². The molecule has 0 spiro atoms. The number of piperidine rings is 2. The van der Waals surface area contributed by atoms with E-state index in [0.29, 0.717) is 12.6 Å². The molecule has 0 aromatic carbocycles. The lowest BCUT2D eigenvalue weighted by atomic mass is 9.75. The SMILES string of the molecule is Cc1ccc(N2CC[C@@]3(O)CCN(CC(=O)NC4CC4)C[C@H]3C2)nn1. The highest BCUT2D eigenvalue weighted by atomic mass is 16.3. The average molecular weight is 345 g/mol. The van der Waals surface area contributed by atoms with Crippen molar-refractivity contribution in [2.75, 3.05) is 37.6 Å². The van der Waals surface area contributed by atoms with E-state index in [-0.39, 0.29) is 11.8 Å². The van der Waals surface area contributed by atoms with Gasteiger partial charge >= 0.3 is 0 Å². The molecule has 1 aliphatic carbocycles. The number of carbonyl (C=O) groups is 1. The number of carbonyl (C=O) groups excluding carboxylic acids is 1. The molecule has 3 heterocycles. The summed E-state index contributed by atoms with van der Waals surface area (Å²) in [7, 11) is 0. The number of fused-ring (bicyclic) bond motifs is 1. The predicted octanol–water partition coefficient (Wildman–Crippen LogP) is 0.327. The smallest absolute Gasteiger partial charge is 0.234 e. The van der Waals surface area contributed by atoms with E-state index in [0.717, 1.165) is 63.4 Å². The summed E-state index contributed by atoms with van der Waals surface area (Å²) in [5.41, 5.74) is 0.292. The van der Waals surface area contributed by atoms with Crippen molar-refractivity contribution in [3.8, 4) is 0 Å². The van der Waals surface area contributed by atoms with Crippen molar-refractivity contribution < 1.29 is 9.90 Å². The number of likely N-dealkylation sites (tertiary alicyclic amines) is 1. The first-order chi connectivity index (χ1) is 12.0. The van der Waals surface area contributed by atoms with Gasteiger partial charge < -0.3 is 15.3 Å². The van der Waals surface area contributed by atoms with E-state index >= 15 is 0 Å². The van der Waals surface area contributed by atoms with Gasteiger partial charge in [-0.2, -0.15) is 5.10 Å². The fourth-order valence-electron chi connectivity index (χ4n) is 3.99. The van der Waals surface area contributed by atoms with E-state index in [1.807, 2.05) is 19.1 Å². The molecular weight excluding hydrogens is 318 g/mol. The van der Waals surface area contributed by atoms with Crippen molar-refractivity contribution in [2.24, 2.45) is 5.92 Å². The molecule has 1 aromatic rings. The van der Waals surface area contributed by atoms with E-state index in [2.05, 4.69) is 25.3 Å². The molecule has 4 rings (SSSR count). The second-order valence-corrected chi connectivity index (χ2v) is 7.86. The number of rotatable bonds is 4. The molecule has 1 aromatic heterocycles. The standard InChI is InChI=1S/C18H27N5O2/c1-13-2-5-16(21-20-13)23-9-7-18(25)6-8-22(10-14(18)11-23)12-17(24)19-15-3-4-15/h2,5,14-15,25H,3-4,6-12H2,1H3,(H,19,24)/t14-,18-/m0/s1. The largest absolute Gasteiger partial charge is 0.389 e. The zero-order valence-electron chi connectivity index (χ0n) is 14.8. The Morgan fingerprint density at radius 3 is 2.80 bits per heavy atom. The lowest BCUT2D eigenvalue weighted by Crippen LogP contribution is -2.61. The maximum Gasteiger partial charge on any atom is 0.234 e. The third-order valence-corrected chi connectivity index (χ3v) is 5.77. The molecule has 3 fully saturated rings. The minimum Gasteiger partial charge on any atom is -0.389 e. The summed E-state index contributed by atoms with van der Waals surface area (Å²) in [6, 6.07) is 4.37. The second kappa shape index (κ2) is 6.53. The highest BCUT2D eigenvalue weighted by molar-refractivity contribution is 5.78. The van der Waals surface area contributed by atoms with E-state index in [9.17, 15) is 9.90 Å². The monoisotopic (exact) mass is 345 g/mol. The number of amides is 1. The topological polar surface area (TPSA) is 81.6 Å². The third-order valence-electron chi connectivity index (χ3n) is 5.77. The van der Waals surface area contributed by atoms with Crippen LogP contribution in [0.5, 0.6) is 0 Å². The second-order valence-electron chi connectivity index (χ2n) is 7.86. The molecule has 7 nitrogen and oxygen atoms in total. The zero-order chi connectivity index (χ0) is 17.4. The molecule has 1 saturated carbocycles. The minimum absolute atomic E-state index is 0.116. The number of aryl methyl sites for hydroxylation is 1. The molecule has 2 atom stereocenters. The van der Waals surface area contributed by atoms with Gasteiger partial charge in [0, 0.05) is 38.1 Å².